The van der Waals surface area contributed by atoms with E-state index >= 15 is 0 Å². The monoisotopic (exact) mass is 364 g/mol. The number of nitrogens with zero attached hydrogens (tertiary/aromatic N) is 4. The lowest BCUT2D eigenvalue weighted by atomic mass is 9.93. The van der Waals surface area contributed by atoms with Gasteiger partial charge in [-0.3, -0.25) is 14.6 Å². The van der Waals surface area contributed by atoms with Gasteiger partial charge >= 0.3 is 0 Å². The standard InChI is InChI=1S/C21H24N4O2/c1-15-11-23-19(12-22-15)21(27)24-9-4-7-18(14-24)20(26)25-10-8-16-5-2-3-6-17(16)13-25/h2-3,5-6,11-12,18H,4,7-10,13-14H2,1H3. The van der Waals surface area contributed by atoms with E-state index < -0.39 is 0 Å². The van der Waals surface area contributed by atoms with Crippen molar-refractivity contribution >= 4 is 11.8 Å². The largest absolute Gasteiger partial charge is 0.338 e. The number of hydrogen-bond donors (Lipinski definition) is 0. The summed E-state index contributed by atoms with van der Waals surface area (Å²) in [5.74, 6) is -0.104. The van der Waals surface area contributed by atoms with Crippen LogP contribution in [0, 0.1) is 12.8 Å². The van der Waals surface area contributed by atoms with Gasteiger partial charge in [0.25, 0.3) is 5.91 Å². The fourth-order valence-corrected chi connectivity index (χ4v) is 3.97. The highest BCUT2D eigenvalue weighted by Crippen LogP contribution is 2.24. The molecule has 6 nitrogen and oxygen atoms in total. The molecule has 1 aromatic heterocycles. The third kappa shape index (κ3) is 3.70. The lowest BCUT2D eigenvalue weighted by Gasteiger charge is -2.36. The highest BCUT2D eigenvalue weighted by atomic mass is 16.2. The number of piperidine rings is 1. The van der Waals surface area contributed by atoms with Gasteiger partial charge in [-0.15, -0.1) is 0 Å². The first-order valence-electron chi connectivity index (χ1n) is 9.55. The molecule has 1 saturated heterocycles. The molecular formula is C21H24N4O2. The van der Waals surface area contributed by atoms with Crippen molar-refractivity contribution in [2.45, 2.75) is 32.7 Å². The van der Waals surface area contributed by atoms with Crippen molar-refractivity contribution in [1.29, 1.82) is 0 Å². The molecule has 6 heteroatoms. The van der Waals surface area contributed by atoms with E-state index in [0.29, 0.717) is 25.3 Å². The van der Waals surface area contributed by atoms with Crippen molar-refractivity contribution in [3.05, 3.63) is 59.2 Å². The highest BCUT2D eigenvalue weighted by molar-refractivity contribution is 5.92. The first-order valence-corrected chi connectivity index (χ1v) is 9.55. The van der Waals surface area contributed by atoms with Crippen molar-refractivity contribution in [3.8, 4) is 0 Å². The number of benzene rings is 1. The van der Waals surface area contributed by atoms with Crippen molar-refractivity contribution in [1.82, 2.24) is 19.8 Å². The maximum absolute atomic E-state index is 13.1. The van der Waals surface area contributed by atoms with Gasteiger partial charge in [0.2, 0.25) is 5.91 Å². The number of aromatic nitrogens is 2. The van der Waals surface area contributed by atoms with Gasteiger partial charge in [-0.25, -0.2) is 4.98 Å². The molecule has 3 heterocycles. The molecular weight excluding hydrogens is 340 g/mol. The Labute approximate surface area is 159 Å². The van der Waals surface area contributed by atoms with Gasteiger partial charge < -0.3 is 9.80 Å². The quantitative estimate of drug-likeness (QED) is 0.820. The molecule has 0 bridgehead atoms. The van der Waals surface area contributed by atoms with Gasteiger partial charge in [-0.05, 0) is 37.3 Å². The molecule has 2 amide bonds. The highest BCUT2D eigenvalue weighted by Gasteiger charge is 2.33. The molecule has 27 heavy (non-hydrogen) atoms. The second-order valence-corrected chi connectivity index (χ2v) is 7.41. The molecule has 1 unspecified atom stereocenters. The van der Waals surface area contributed by atoms with Gasteiger partial charge in [0.1, 0.15) is 5.69 Å². The number of rotatable bonds is 2. The van der Waals surface area contributed by atoms with Gasteiger partial charge in [-0.2, -0.15) is 0 Å². The van der Waals surface area contributed by atoms with Crippen molar-refractivity contribution < 1.29 is 9.59 Å². The van der Waals surface area contributed by atoms with Crippen LogP contribution in [0.15, 0.2) is 36.7 Å². The van der Waals surface area contributed by atoms with E-state index in [9.17, 15) is 9.59 Å². The molecule has 0 radical (unpaired) electrons. The minimum Gasteiger partial charge on any atom is -0.338 e. The van der Waals surface area contributed by atoms with Gasteiger partial charge in [-0.1, -0.05) is 24.3 Å². The van der Waals surface area contributed by atoms with E-state index in [2.05, 4.69) is 28.2 Å². The Morgan fingerprint density at radius 2 is 1.85 bits per heavy atom. The zero-order valence-corrected chi connectivity index (χ0v) is 15.6. The third-order valence-corrected chi connectivity index (χ3v) is 5.50. The molecule has 1 aromatic carbocycles. The van der Waals surface area contributed by atoms with Crippen LogP contribution >= 0.6 is 0 Å². The summed E-state index contributed by atoms with van der Waals surface area (Å²) < 4.78 is 0. The Kier molecular flexibility index (Phi) is 4.88. The minimum atomic E-state index is -0.135. The topological polar surface area (TPSA) is 66.4 Å². The summed E-state index contributed by atoms with van der Waals surface area (Å²) in [5, 5.41) is 0. The Morgan fingerprint density at radius 1 is 1.04 bits per heavy atom. The maximum Gasteiger partial charge on any atom is 0.274 e. The Bertz CT molecular complexity index is 850. The molecule has 4 rings (SSSR count). The molecule has 1 atom stereocenters. The third-order valence-electron chi connectivity index (χ3n) is 5.50. The molecule has 0 spiro atoms. The number of amides is 2. The zero-order chi connectivity index (χ0) is 18.8. The Balaban J connectivity index is 1.43. The Morgan fingerprint density at radius 3 is 2.63 bits per heavy atom. The van der Waals surface area contributed by atoms with Crippen LogP contribution in [0.1, 0.15) is 40.2 Å². The van der Waals surface area contributed by atoms with Crippen LogP contribution in [0.2, 0.25) is 0 Å². The fraction of sp³-hybridized carbons (Fsp3) is 0.429. The number of hydrogen-bond acceptors (Lipinski definition) is 4. The molecule has 2 aromatic rings. The number of aryl methyl sites for hydroxylation is 1. The van der Waals surface area contributed by atoms with Crippen molar-refractivity contribution in [2.75, 3.05) is 19.6 Å². The van der Waals surface area contributed by atoms with E-state index in [4.69, 9.17) is 0 Å². The first kappa shape index (κ1) is 17.6. The average Bonchev–Trinajstić information content (AvgIpc) is 2.73. The van der Waals surface area contributed by atoms with E-state index in [1.807, 2.05) is 17.9 Å². The number of carbonyl (C=O) groups excluding carboxylic acids is 2. The summed E-state index contributed by atoms with van der Waals surface area (Å²) in [5.41, 5.74) is 3.69. The summed E-state index contributed by atoms with van der Waals surface area (Å²) in [6, 6.07) is 8.31. The molecule has 0 aliphatic carbocycles. The van der Waals surface area contributed by atoms with Crippen LogP contribution in [-0.2, 0) is 17.8 Å². The number of likely N-dealkylation sites (tertiary alicyclic amines) is 1. The summed E-state index contributed by atoms with van der Waals surface area (Å²) in [6.07, 6.45) is 5.69. The van der Waals surface area contributed by atoms with E-state index in [1.54, 1.807) is 11.1 Å². The van der Waals surface area contributed by atoms with E-state index in [-0.39, 0.29) is 17.7 Å². The van der Waals surface area contributed by atoms with Crippen LogP contribution in [0.3, 0.4) is 0 Å². The second-order valence-electron chi connectivity index (χ2n) is 7.41. The molecule has 2 aliphatic rings. The van der Waals surface area contributed by atoms with Crippen LogP contribution in [0.5, 0.6) is 0 Å². The van der Waals surface area contributed by atoms with Crippen molar-refractivity contribution in [2.24, 2.45) is 5.92 Å². The fourth-order valence-electron chi connectivity index (χ4n) is 3.97. The van der Waals surface area contributed by atoms with Crippen LogP contribution < -0.4 is 0 Å². The lowest BCUT2D eigenvalue weighted by Crippen LogP contribution is -2.48. The normalized spacial score (nSPS) is 19.5. The molecule has 0 N–H and O–H groups in total. The SMILES string of the molecule is Cc1cnc(C(=O)N2CCCC(C(=O)N3CCc4ccccc4C3)C2)cn1. The molecule has 2 aliphatic heterocycles. The summed E-state index contributed by atoms with van der Waals surface area (Å²) >= 11 is 0. The van der Waals surface area contributed by atoms with Gasteiger partial charge in [0, 0.05) is 32.4 Å². The van der Waals surface area contributed by atoms with Crippen LogP contribution in [0.4, 0.5) is 0 Å². The Hall–Kier alpha value is -2.76. The first-order chi connectivity index (χ1) is 13.1. The predicted octanol–water partition coefficient (Wildman–Crippen LogP) is 2.22. The number of fused-ring (bicyclic) bond motifs is 1. The van der Waals surface area contributed by atoms with Crippen LogP contribution in [-0.4, -0.2) is 51.2 Å². The zero-order valence-electron chi connectivity index (χ0n) is 15.6. The van der Waals surface area contributed by atoms with Gasteiger partial charge in [0.15, 0.2) is 0 Å². The predicted molar refractivity (Wildman–Crippen MR) is 101 cm³/mol. The second kappa shape index (κ2) is 7.47. The van der Waals surface area contributed by atoms with Crippen molar-refractivity contribution in [3.63, 3.8) is 0 Å². The minimum absolute atomic E-state index is 0.133. The van der Waals surface area contributed by atoms with E-state index in [1.165, 1.54) is 17.3 Å². The summed E-state index contributed by atoms with van der Waals surface area (Å²) in [4.78, 5) is 37.8. The smallest absolute Gasteiger partial charge is 0.274 e. The number of carbonyl (C=O) groups is 2. The summed E-state index contributed by atoms with van der Waals surface area (Å²) in [7, 11) is 0. The lowest BCUT2D eigenvalue weighted by molar-refractivity contribution is -0.137. The van der Waals surface area contributed by atoms with Crippen LogP contribution in [0.25, 0.3) is 0 Å². The average molecular weight is 364 g/mol. The van der Waals surface area contributed by atoms with E-state index in [0.717, 1.165) is 31.5 Å². The molecule has 0 saturated carbocycles. The maximum atomic E-state index is 13.1. The molecule has 1 fully saturated rings. The molecule has 140 valence electrons. The summed E-state index contributed by atoms with van der Waals surface area (Å²) in [6.45, 7) is 4.40. The van der Waals surface area contributed by atoms with Gasteiger partial charge in [0.05, 0.1) is 17.8 Å².